The quantitative estimate of drug-likeness (QED) is 0.758. The predicted molar refractivity (Wildman–Crippen MR) is 79.0 cm³/mol. The van der Waals surface area contributed by atoms with Gasteiger partial charge in [0, 0.05) is 19.4 Å². The summed E-state index contributed by atoms with van der Waals surface area (Å²) in [6.45, 7) is 2.58. The highest BCUT2D eigenvalue weighted by molar-refractivity contribution is 5.81. The molecule has 0 fully saturated rings. The van der Waals surface area contributed by atoms with E-state index in [0.29, 0.717) is 13.0 Å². The number of nitrogens with one attached hydrogen (secondary N) is 1. The monoisotopic (exact) mass is 289 g/mol. The number of carboxylic acid groups (broad SMARTS) is 1. The van der Waals surface area contributed by atoms with Crippen LogP contribution in [0.2, 0.25) is 0 Å². The first kappa shape index (κ1) is 15.0. The normalized spacial score (nSPS) is 10.7. The van der Waals surface area contributed by atoms with Gasteiger partial charge in [-0.05, 0) is 18.6 Å². The lowest BCUT2D eigenvalue weighted by Gasteiger charge is -2.08. The lowest BCUT2D eigenvalue weighted by molar-refractivity contribution is -0.137. The number of carboxylic acids is 1. The highest BCUT2D eigenvalue weighted by atomic mass is 16.4. The number of benzene rings is 1. The van der Waals surface area contributed by atoms with Crippen LogP contribution in [0.5, 0.6) is 0 Å². The molecule has 0 spiro atoms. The van der Waals surface area contributed by atoms with Crippen molar-refractivity contribution >= 4 is 22.9 Å². The summed E-state index contributed by atoms with van der Waals surface area (Å²) in [4.78, 5) is 26.9. The summed E-state index contributed by atoms with van der Waals surface area (Å²) in [5.74, 6) is -0.103. The zero-order valence-corrected chi connectivity index (χ0v) is 12.0. The van der Waals surface area contributed by atoms with Crippen molar-refractivity contribution < 1.29 is 14.7 Å². The van der Waals surface area contributed by atoms with Gasteiger partial charge in [-0.1, -0.05) is 19.1 Å². The standard InChI is InChI=1S/C15H19N3O3/c1-2-13-17-11-6-3-4-7-12(11)18(13)10-14(19)16-9-5-8-15(20)21/h3-4,6-7H,2,5,8-10H2,1H3,(H,16,19)(H,20,21). The van der Waals surface area contributed by atoms with Gasteiger partial charge >= 0.3 is 5.97 Å². The van der Waals surface area contributed by atoms with Gasteiger partial charge in [0.1, 0.15) is 12.4 Å². The minimum atomic E-state index is -0.849. The zero-order chi connectivity index (χ0) is 15.2. The average Bonchev–Trinajstić information content (AvgIpc) is 2.81. The van der Waals surface area contributed by atoms with Crippen molar-refractivity contribution in [2.45, 2.75) is 32.7 Å². The van der Waals surface area contributed by atoms with E-state index in [2.05, 4.69) is 10.3 Å². The number of nitrogens with zero attached hydrogens (tertiary/aromatic N) is 2. The predicted octanol–water partition coefficient (Wildman–Crippen LogP) is 1.58. The number of aromatic nitrogens is 2. The summed E-state index contributed by atoms with van der Waals surface area (Å²) in [7, 11) is 0. The Morgan fingerprint density at radius 1 is 1.33 bits per heavy atom. The third kappa shape index (κ3) is 3.81. The molecule has 0 aliphatic rings. The fourth-order valence-electron chi connectivity index (χ4n) is 2.24. The van der Waals surface area contributed by atoms with Crippen LogP contribution in [0.1, 0.15) is 25.6 Å². The Morgan fingerprint density at radius 3 is 2.81 bits per heavy atom. The van der Waals surface area contributed by atoms with Gasteiger partial charge in [0.15, 0.2) is 0 Å². The molecule has 1 heterocycles. The van der Waals surface area contributed by atoms with Gasteiger partial charge in [-0.15, -0.1) is 0 Å². The second-order valence-corrected chi connectivity index (χ2v) is 4.80. The maximum Gasteiger partial charge on any atom is 0.303 e. The Hall–Kier alpha value is -2.37. The Bertz CT molecular complexity index is 649. The molecule has 0 unspecified atom stereocenters. The smallest absolute Gasteiger partial charge is 0.303 e. The highest BCUT2D eigenvalue weighted by Crippen LogP contribution is 2.16. The Labute approximate surface area is 122 Å². The van der Waals surface area contributed by atoms with Crippen LogP contribution in [-0.2, 0) is 22.6 Å². The topological polar surface area (TPSA) is 84.2 Å². The van der Waals surface area contributed by atoms with E-state index < -0.39 is 5.97 Å². The Balaban J connectivity index is 2.01. The molecule has 1 amide bonds. The number of amides is 1. The van der Waals surface area contributed by atoms with Gasteiger partial charge in [0.2, 0.25) is 5.91 Å². The van der Waals surface area contributed by atoms with E-state index in [4.69, 9.17) is 5.11 Å². The van der Waals surface area contributed by atoms with Crippen LogP contribution in [-0.4, -0.2) is 33.1 Å². The second kappa shape index (κ2) is 6.88. The van der Waals surface area contributed by atoms with E-state index in [1.165, 1.54) is 0 Å². The minimum absolute atomic E-state index is 0.0640. The van der Waals surface area contributed by atoms with Gasteiger partial charge in [-0.25, -0.2) is 4.98 Å². The lowest BCUT2D eigenvalue weighted by Crippen LogP contribution is -2.29. The van der Waals surface area contributed by atoms with E-state index in [1.54, 1.807) is 0 Å². The number of carbonyl (C=O) groups excluding carboxylic acids is 1. The van der Waals surface area contributed by atoms with Gasteiger partial charge in [-0.2, -0.15) is 0 Å². The number of hydrogen-bond acceptors (Lipinski definition) is 3. The summed E-state index contributed by atoms with van der Waals surface area (Å²) < 4.78 is 1.90. The molecule has 6 nitrogen and oxygen atoms in total. The molecular formula is C15H19N3O3. The maximum absolute atomic E-state index is 12.0. The van der Waals surface area contributed by atoms with Crippen LogP contribution in [0.15, 0.2) is 24.3 Å². The molecule has 1 aromatic carbocycles. The zero-order valence-electron chi connectivity index (χ0n) is 12.0. The second-order valence-electron chi connectivity index (χ2n) is 4.80. The van der Waals surface area contributed by atoms with E-state index in [-0.39, 0.29) is 18.9 Å². The number of aliphatic carboxylic acids is 1. The molecule has 0 saturated carbocycles. The third-order valence-electron chi connectivity index (χ3n) is 3.24. The number of rotatable bonds is 7. The van der Waals surface area contributed by atoms with E-state index in [0.717, 1.165) is 23.3 Å². The largest absolute Gasteiger partial charge is 0.481 e. The molecule has 2 aromatic rings. The maximum atomic E-state index is 12.0. The first-order valence-electron chi connectivity index (χ1n) is 7.04. The molecule has 2 N–H and O–H groups in total. The van der Waals surface area contributed by atoms with Crippen molar-refractivity contribution in [3.63, 3.8) is 0 Å². The average molecular weight is 289 g/mol. The molecular weight excluding hydrogens is 270 g/mol. The van der Waals surface area contributed by atoms with Crippen LogP contribution in [0.25, 0.3) is 11.0 Å². The molecule has 0 radical (unpaired) electrons. The van der Waals surface area contributed by atoms with Crippen molar-refractivity contribution in [2.24, 2.45) is 0 Å². The van der Waals surface area contributed by atoms with Crippen LogP contribution >= 0.6 is 0 Å². The summed E-state index contributed by atoms with van der Waals surface area (Å²) in [6.07, 6.45) is 1.25. The van der Waals surface area contributed by atoms with Crippen molar-refractivity contribution in [3.8, 4) is 0 Å². The third-order valence-corrected chi connectivity index (χ3v) is 3.24. The van der Waals surface area contributed by atoms with Gasteiger partial charge in [0.05, 0.1) is 11.0 Å². The molecule has 0 bridgehead atoms. The van der Waals surface area contributed by atoms with Crippen molar-refractivity contribution in [1.82, 2.24) is 14.9 Å². The van der Waals surface area contributed by atoms with Crippen LogP contribution in [0.3, 0.4) is 0 Å². The molecule has 0 aliphatic carbocycles. The number of para-hydroxylation sites is 2. The van der Waals surface area contributed by atoms with Gasteiger partial charge in [0.25, 0.3) is 0 Å². The summed E-state index contributed by atoms with van der Waals surface area (Å²) in [5.41, 5.74) is 1.82. The number of fused-ring (bicyclic) bond motifs is 1. The highest BCUT2D eigenvalue weighted by Gasteiger charge is 2.11. The van der Waals surface area contributed by atoms with E-state index in [1.807, 2.05) is 35.8 Å². The summed E-state index contributed by atoms with van der Waals surface area (Å²) in [6, 6.07) is 7.71. The fraction of sp³-hybridized carbons (Fsp3) is 0.400. The molecule has 21 heavy (non-hydrogen) atoms. The molecule has 0 aliphatic heterocycles. The number of imidazole rings is 1. The van der Waals surface area contributed by atoms with Crippen molar-refractivity contribution in [2.75, 3.05) is 6.54 Å². The van der Waals surface area contributed by atoms with Gasteiger partial charge < -0.3 is 15.0 Å². The molecule has 0 atom stereocenters. The number of aryl methyl sites for hydroxylation is 1. The fourth-order valence-corrected chi connectivity index (χ4v) is 2.24. The summed E-state index contributed by atoms with van der Waals surface area (Å²) >= 11 is 0. The Morgan fingerprint density at radius 2 is 2.10 bits per heavy atom. The first-order chi connectivity index (χ1) is 10.1. The molecule has 6 heteroatoms. The van der Waals surface area contributed by atoms with Crippen LogP contribution in [0, 0.1) is 0 Å². The molecule has 1 aromatic heterocycles. The molecule has 112 valence electrons. The minimum Gasteiger partial charge on any atom is -0.481 e. The van der Waals surface area contributed by atoms with Crippen LogP contribution in [0.4, 0.5) is 0 Å². The number of carbonyl (C=O) groups is 2. The van der Waals surface area contributed by atoms with E-state index in [9.17, 15) is 9.59 Å². The van der Waals surface area contributed by atoms with E-state index >= 15 is 0 Å². The van der Waals surface area contributed by atoms with Crippen LogP contribution < -0.4 is 5.32 Å². The van der Waals surface area contributed by atoms with Crippen molar-refractivity contribution in [3.05, 3.63) is 30.1 Å². The lowest BCUT2D eigenvalue weighted by atomic mass is 10.3. The molecule has 2 rings (SSSR count). The van der Waals surface area contributed by atoms with Crippen molar-refractivity contribution in [1.29, 1.82) is 0 Å². The summed E-state index contributed by atoms with van der Waals surface area (Å²) in [5, 5.41) is 11.3. The first-order valence-corrected chi connectivity index (χ1v) is 7.04. The number of hydrogen-bond donors (Lipinski definition) is 2. The SMILES string of the molecule is CCc1nc2ccccc2n1CC(=O)NCCCC(=O)O. The van der Waals surface area contributed by atoms with Gasteiger partial charge in [-0.3, -0.25) is 9.59 Å². The molecule has 0 saturated heterocycles. The Kier molecular flexibility index (Phi) is 4.92.